The molecule has 22 heavy (non-hydrogen) atoms. The van der Waals surface area contributed by atoms with E-state index >= 15 is 0 Å². The van der Waals surface area contributed by atoms with E-state index in [4.69, 9.17) is 9.47 Å². The average molecular weight is 294 g/mol. The molecule has 2 aromatic rings. The number of ether oxygens (including phenoxy) is 2. The van der Waals surface area contributed by atoms with Crippen molar-refractivity contribution in [2.24, 2.45) is 0 Å². The normalized spacial score (nSPS) is 10.4. The van der Waals surface area contributed by atoms with Gasteiger partial charge < -0.3 is 9.47 Å². The van der Waals surface area contributed by atoms with Gasteiger partial charge in [0.1, 0.15) is 0 Å². The third kappa shape index (κ3) is 4.69. The van der Waals surface area contributed by atoms with Crippen LogP contribution in [0.1, 0.15) is 22.3 Å². The zero-order valence-corrected chi connectivity index (χ0v) is 12.8. The summed E-state index contributed by atoms with van der Waals surface area (Å²) < 4.78 is 11.3. The zero-order valence-electron chi connectivity index (χ0n) is 12.8. The highest BCUT2D eigenvalue weighted by Crippen LogP contribution is 2.12. The first-order chi connectivity index (χ1) is 10.8. The second-order valence-corrected chi connectivity index (χ2v) is 4.91. The molecule has 0 saturated carbocycles. The van der Waals surface area contributed by atoms with Crippen LogP contribution in [0.4, 0.5) is 0 Å². The maximum Gasteiger partial charge on any atom is 0.0723 e. The Morgan fingerprint density at radius 1 is 0.682 bits per heavy atom. The smallest absolute Gasteiger partial charge is 0.0723 e. The first-order valence-electron chi connectivity index (χ1n) is 7.41. The molecule has 0 amide bonds. The van der Waals surface area contributed by atoms with Gasteiger partial charge in [-0.2, -0.15) is 0 Å². The molecule has 114 valence electrons. The Morgan fingerprint density at radius 2 is 1.09 bits per heavy atom. The Kier molecular flexibility index (Phi) is 6.62. The van der Waals surface area contributed by atoms with Gasteiger partial charge in [-0.25, -0.2) is 0 Å². The lowest BCUT2D eigenvalue weighted by atomic mass is 10.1. The fourth-order valence-electron chi connectivity index (χ4n) is 2.21. The standard InChI is InChI=1S/C20H22O2/c1-3-17-9-5-7-11-19(17)15-21-13-14-22-16-20-12-8-6-10-18(20)4-2/h3-12H,1-2,13-16H2. The highest BCUT2D eigenvalue weighted by atomic mass is 16.5. The summed E-state index contributed by atoms with van der Waals surface area (Å²) >= 11 is 0. The molecule has 0 spiro atoms. The van der Waals surface area contributed by atoms with Gasteiger partial charge in [0.25, 0.3) is 0 Å². The number of benzene rings is 2. The Balaban J connectivity index is 1.69. The van der Waals surface area contributed by atoms with E-state index in [-0.39, 0.29) is 0 Å². The molecule has 0 aliphatic heterocycles. The van der Waals surface area contributed by atoms with Crippen LogP contribution in [-0.4, -0.2) is 13.2 Å². The van der Waals surface area contributed by atoms with Crippen molar-refractivity contribution >= 4 is 12.2 Å². The monoisotopic (exact) mass is 294 g/mol. The number of hydrogen-bond donors (Lipinski definition) is 0. The molecule has 0 heterocycles. The molecule has 2 rings (SSSR count). The molecule has 2 nitrogen and oxygen atoms in total. The molecule has 0 radical (unpaired) electrons. The summed E-state index contributed by atoms with van der Waals surface area (Å²) in [6, 6.07) is 16.2. The van der Waals surface area contributed by atoms with Crippen LogP contribution >= 0.6 is 0 Å². The van der Waals surface area contributed by atoms with E-state index in [1.54, 1.807) is 0 Å². The highest BCUT2D eigenvalue weighted by molar-refractivity contribution is 5.52. The first kappa shape index (κ1) is 16.2. The van der Waals surface area contributed by atoms with Crippen molar-refractivity contribution in [3.63, 3.8) is 0 Å². The van der Waals surface area contributed by atoms with Crippen molar-refractivity contribution < 1.29 is 9.47 Å². The van der Waals surface area contributed by atoms with Gasteiger partial charge in [-0.15, -0.1) is 0 Å². The number of hydrogen-bond acceptors (Lipinski definition) is 2. The summed E-state index contributed by atoms with van der Waals surface area (Å²) in [6.07, 6.45) is 3.70. The molecule has 2 heteroatoms. The van der Waals surface area contributed by atoms with Crippen molar-refractivity contribution in [1.82, 2.24) is 0 Å². The van der Waals surface area contributed by atoms with E-state index in [0.29, 0.717) is 26.4 Å². The average Bonchev–Trinajstić information content (AvgIpc) is 2.58. The van der Waals surface area contributed by atoms with Crippen LogP contribution in [0.25, 0.3) is 12.2 Å². The van der Waals surface area contributed by atoms with Crippen LogP contribution in [0.3, 0.4) is 0 Å². The fourth-order valence-corrected chi connectivity index (χ4v) is 2.21. The maximum absolute atomic E-state index is 5.66. The highest BCUT2D eigenvalue weighted by Gasteiger charge is 2.00. The first-order valence-corrected chi connectivity index (χ1v) is 7.41. The summed E-state index contributed by atoms with van der Waals surface area (Å²) in [4.78, 5) is 0. The summed E-state index contributed by atoms with van der Waals surface area (Å²) in [5.41, 5.74) is 4.52. The van der Waals surface area contributed by atoms with Gasteiger partial charge in [0, 0.05) is 0 Å². The van der Waals surface area contributed by atoms with Gasteiger partial charge >= 0.3 is 0 Å². The van der Waals surface area contributed by atoms with E-state index in [1.807, 2.05) is 48.6 Å². The predicted molar refractivity (Wildman–Crippen MR) is 92.4 cm³/mol. The molecule has 0 saturated heterocycles. The summed E-state index contributed by atoms with van der Waals surface area (Å²) in [5.74, 6) is 0. The van der Waals surface area contributed by atoms with Gasteiger partial charge in [-0.05, 0) is 22.3 Å². The second-order valence-electron chi connectivity index (χ2n) is 4.91. The Bertz CT molecular complexity index is 561. The van der Waals surface area contributed by atoms with Crippen molar-refractivity contribution in [3.8, 4) is 0 Å². The van der Waals surface area contributed by atoms with Gasteiger partial charge in [-0.3, -0.25) is 0 Å². The van der Waals surface area contributed by atoms with Crippen LogP contribution in [0.5, 0.6) is 0 Å². The molecule has 0 atom stereocenters. The fraction of sp³-hybridized carbons (Fsp3) is 0.200. The summed E-state index contributed by atoms with van der Waals surface area (Å²) in [5, 5.41) is 0. The molecular formula is C20H22O2. The lowest BCUT2D eigenvalue weighted by Gasteiger charge is -2.09. The van der Waals surface area contributed by atoms with Crippen molar-refractivity contribution in [1.29, 1.82) is 0 Å². The van der Waals surface area contributed by atoms with E-state index in [2.05, 4.69) is 25.3 Å². The molecule has 0 aliphatic carbocycles. The molecule has 0 fully saturated rings. The van der Waals surface area contributed by atoms with Crippen molar-refractivity contribution in [2.75, 3.05) is 13.2 Å². The van der Waals surface area contributed by atoms with Crippen molar-refractivity contribution in [2.45, 2.75) is 13.2 Å². The lowest BCUT2D eigenvalue weighted by molar-refractivity contribution is 0.0338. The molecular weight excluding hydrogens is 272 g/mol. The minimum atomic E-state index is 0.571. The van der Waals surface area contributed by atoms with Crippen LogP contribution in [0.2, 0.25) is 0 Å². The molecule has 0 N–H and O–H groups in total. The quantitative estimate of drug-likeness (QED) is 0.624. The second kappa shape index (κ2) is 8.98. The van der Waals surface area contributed by atoms with Crippen LogP contribution in [0, 0.1) is 0 Å². The molecule has 0 aliphatic rings. The predicted octanol–water partition coefficient (Wildman–Crippen LogP) is 4.71. The topological polar surface area (TPSA) is 18.5 Å². The third-order valence-corrected chi connectivity index (χ3v) is 3.44. The molecule has 2 aromatic carbocycles. The van der Waals surface area contributed by atoms with Gasteiger partial charge in [0.2, 0.25) is 0 Å². The Morgan fingerprint density at radius 3 is 1.50 bits per heavy atom. The van der Waals surface area contributed by atoms with Gasteiger partial charge in [-0.1, -0.05) is 73.8 Å². The van der Waals surface area contributed by atoms with Gasteiger partial charge in [0.05, 0.1) is 26.4 Å². The number of rotatable bonds is 9. The molecule has 0 bridgehead atoms. The van der Waals surface area contributed by atoms with Crippen LogP contribution < -0.4 is 0 Å². The molecule has 0 aromatic heterocycles. The molecule has 0 unspecified atom stereocenters. The minimum Gasteiger partial charge on any atom is -0.374 e. The van der Waals surface area contributed by atoms with E-state index in [9.17, 15) is 0 Å². The lowest BCUT2D eigenvalue weighted by Crippen LogP contribution is -2.05. The largest absolute Gasteiger partial charge is 0.374 e. The third-order valence-electron chi connectivity index (χ3n) is 3.44. The van der Waals surface area contributed by atoms with E-state index < -0.39 is 0 Å². The Labute approximate surface area is 132 Å². The van der Waals surface area contributed by atoms with Gasteiger partial charge in [0.15, 0.2) is 0 Å². The maximum atomic E-state index is 5.66. The van der Waals surface area contributed by atoms with E-state index in [1.165, 1.54) is 0 Å². The zero-order chi connectivity index (χ0) is 15.6. The van der Waals surface area contributed by atoms with Crippen LogP contribution in [0.15, 0.2) is 61.7 Å². The van der Waals surface area contributed by atoms with E-state index in [0.717, 1.165) is 22.3 Å². The van der Waals surface area contributed by atoms with Crippen molar-refractivity contribution in [3.05, 3.63) is 83.9 Å². The SMILES string of the molecule is C=Cc1ccccc1COCCOCc1ccccc1C=C. The summed E-state index contributed by atoms with van der Waals surface area (Å²) in [6.45, 7) is 9.92. The van der Waals surface area contributed by atoms with Crippen LogP contribution in [-0.2, 0) is 22.7 Å². The minimum absolute atomic E-state index is 0.571. The summed E-state index contributed by atoms with van der Waals surface area (Å²) in [7, 11) is 0. The Hall–Kier alpha value is -2.16.